The second-order valence-corrected chi connectivity index (χ2v) is 20.9. The highest BCUT2D eigenvalue weighted by Gasteiger charge is 2.50. The molecule has 12 nitrogen and oxygen atoms in total. The summed E-state index contributed by atoms with van der Waals surface area (Å²) in [4.78, 5) is 51.2. The number of carbonyl (C=O) groups is 4. The molecule has 1 heterocycles. The highest BCUT2D eigenvalue weighted by molar-refractivity contribution is 5.74. The number of aliphatic carboxylic acids is 1. The average Bonchev–Trinajstić information content (AvgIpc) is 3.57. The third kappa shape index (κ3) is 46.6. The number of hydrogen-bond acceptors (Lipinski definition) is 11. The summed E-state index contributed by atoms with van der Waals surface area (Å²) in [6.45, 7) is 5.61. The van der Waals surface area contributed by atoms with Crippen molar-refractivity contribution in [2.24, 2.45) is 0 Å². The zero-order chi connectivity index (χ0) is 60.3. The Morgan fingerprint density at radius 3 is 1.27 bits per heavy atom. The van der Waals surface area contributed by atoms with Crippen molar-refractivity contribution >= 4 is 23.9 Å². The fourth-order valence-corrected chi connectivity index (χ4v) is 8.64. The lowest BCUT2D eigenvalue weighted by molar-refractivity contribution is -0.301. The first-order valence-corrected chi connectivity index (χ1v) is 31.8. The van der Waals surface area contributed by atoms with Gasteiger partial charge in [0.1, 0.15) is 18.8 Å². The lowest BCUT2D eigenvalue weighted by atomic mass is 9.98. The monoisotopic (exact) mass is 1150 g/mol. The Hall–Kier alpha value is -5.40. The number of allylic oxidation sites excluding steroid dienone is 23. The standard InChI is InChI=1S/C71H110O12/c1-4-7-10-13-16-19-22-25-28-30-32-34-37-39-42-45-48-51-54-57-63(72)79-60-62(81-64(73)58-55-52-49-46-43-40-36-27-24-21-18-15-12-9-6-3)61-80-71-69(67(76)66(75)68(83-71)70(77)78)82-65(74)59-56-53-50-47-44-41-38-35-33-31-29-26-23-20-17-14-11-8-5-2/h7,9-10,12,16,18-19,21,25-29,32,34,36,39,42-43,46,48,51-52,55,62,66-69,71,75-76H,4-6,8,11,13-15,17,20,22-24,30-31,33,35,37-38,40-41,44-45,47,49-50,53-54,56-61H2,1-3H3,(H,77,78)/b10-7-,12-9-,19-16-,21-18-,28-25-,29-26-,34-32-,36-27-,42-39-,46-43-,51-48-,55-52-. The van der Waals surface area contributed by atoms with E-state index in [9.17, 15) is 34.5 Å². The van der Waals surface area contributed by atoms with E-state index in [0.29, 0.717) is 25.7 Å². The maximum Gasteiger partial charge on any atom is 0.335 e. The molecule has 0 spiro atoms. The minimum atomic E-state index is -1.93. The molecule has 12 heteroatoms. The van der Waals surface area contributed by atoms with Gasteiger partial charge < -0.3 is 39.0 Å². The summed E-state index contributed by atoms with van der Waals surface area (Å²) in [5.74, 6) is -3.42. The molecule has 0 aliphatic carbocycles. The highest BCUT2D eigenvalue weighted by atomic mass is 16.7. The van der Waals surface area contributed by atoms with Crippen LogP contribution < -0.4 is 0 Å². The number of carboxylic acids is 1. The Balaban J connectivity index is 2.75. The van der Waals surface area contributed by atoms with Crippen LogP contribution in [0, 0.1) is 0 Å². The molecule has 1 saturated heterocycles. The number of ether oxygens (including phenoxy) is 5. The molecule has 1 aliphatic heterocycles. The summed E-state index contributed by atoms with van der Waals surface area (Å²) < 4.78 is 28.3. The van der Waals surface area contributed by atoms with Crippen molar-refractivity contribution in [2.75, 3.05) is 13.2 Å². The van der Waals surface area contributed by atoms with Crippen LogP contribution in [0.25, 0.3) is 0 Å². The van der Waals surface area contributed by atoms with Gasteiger partial charge in [0.25, 0.3) is 0 Å². The van der Waals surface area contributed by atoms with E-state index in [2.05, 4.69) is 130 Å². The summed E-state index contributed by atoms with van der Waals surface area (Å²) >= 11 is 0. The molecule has 0 amide bonds. The zero-order valence-corrected chi connectivity index (χ0v) is 51.4. The van der Waals surface area contributed by atoms with Gasteiger partial charge in [0, 0.05) is 12.8 Å². The maximum absolute atomic E-state index is 13.1. The molecule has 1 rings (SSSR count). The van der Waals surface area contributed by atoms with Crippen molar-refractivity contribution in [3.8, 4) is 0 Å². The van der Waals surface area contributed by atoms with Gasteiger partial charge in [-0.25, -0.2) is 4.79 Å². The number of aliphatic hydroxyl groups is 2. The van der Waals surface area contributed by atoms with Gasteiger partial charge in [0.2, 0.25) is 0 Å². The highest BCUT2D eigenvalue weighted by Crippen LogP contribution is 2.26. The summed E-state index contributed by atoms with van der Waals surface area (Å²) in [5.41, 5.74) is 0. The van der Waals surface area contributed by atoms with Crippen LogP contribution in [0.1, 0.15) is 226 Å². The van der Waals surface area contributed by atoms with Gasteiger partial charge in [-0.3, -0.25) is 14.4 Å². The molecule has 83 heavy (non-hydrogen) atoms. The van der Waals surface area contributed by atoms with Crippen LogP contribution in [0.4, 0.5) is 0 Å². The Morgan fingerprint density at radius 1 is 0.422 bits per heavy atom. The topological polar surface area (TPSA) is 175 Å². The molecule has 6 unspecified atom stereocenters. The van der Waals surface area contributed by atoms with Crippen molar-refractivity contribution in [3.05, 3.63) is 146 Å². The fourth-order valence-electron chi connectivity index (χ4n) is 8.64. The van der Waals surface area contributed by atoms with Crippen molar-refractivity contribution in [1.29, 1.82) is 0 Å². The van der Waals surface area contributed by atoms with Gasteiger partial charge in [-0.15, -0.1) is 0 Å². The van der Waals surface area contributed by atoms with Crippen molar-refractivity contribution in [2.45, 2.75) is 263 Å². The quantitative estimate of drug-likeness (QED) is 0.0228. The van der Waals surface area contributed by atoms with E-state index in [-0.39, 0.29) is 19.3 Å². The number of esters is 3. The number of hydrogen-bond donors (Lipinski definition) is 3. The molecule has 6 atom stereocenters. The third-order valence-electron chi connectivity index (χ3n) is 13.4. The lowest BCUT2D eigenvalue weighted by Gasteiger charge is -2.40. The Bertz CT molecular complexity index is 2000. The Kier molecular flexibility index (Phi) is 52.0. The van der Waals surface area contributed by atoms with E-state index in [0.717, 1.165) is 89.9 Å². The summed E-state index contributed by atoms with van der Waals surface area (Å²) in [6.07, 6.45) is 69.9. The van der Waals surface area contributed by atoms with Gasteiger partial charge in [-0.1, -0.05) is 244 Å². The van der Waals surface area contributed by atoms with Gasteiger partial charge in [0.05, 0.1) is 13.0 Å². The number of carboxylic acid groups (broad SMARTS) is 1. The zero-order valence-electron chi connectivity index (χ0n) is 51.4. The van der Waals surface area contributed by atoms with Gasteiger partial charge in [0.15, 0.2) is 24.6 Å². The first kappa shape index (κ1) is 75.6. The molecule has 3 N–H and O–H groups in total. The SMILES string of the molecule is CC/C=C\C/C=C\C/C=C\C/C=C\C/C=C\C/C=C\CCC(=O)OCC(COC1OC(C(=O)O)C(O)C(O)C1OC(=O)CCCCCCCCCCC/C=C\CCCCCCCC)OC(=O)C/C=C\C/C=C\C/C=C\C/C=C\C/C=C\CC. The number of unbranched alkanes of at least 4 members (excludes halogenated alkanes) is 15. The van der Waals surface area contributed by atoms with Gasteiger partial charge >= 0.3 is 23.9 Å². The smallest absolute Gasteiger partial charge is 0.335 e. The first-order valence-electron chi connectivity index (χ1n) is 31.8. The van der Waals surface area contributed by atoms with Crippen LogP contribution in [0.3, 0.4) is 0 Å². The second-order valence-electron chi connectivity index (χ2n) is 20.9. The van der Waals surface area contributed by atoms with Crippen molar-refractivity contribution < 1.29 is 58.2 Å². The van der Waals surface area contributed by atoms with E-state index in [1.165, 1.54) is 70.6 Å². The number of rotatable bonds is 52. The molecule has 0 saturated carbocycles. The molecule has 466 valence electrons. The molecular weight excluding hydrogens is 1040 g/mol. The van der Waals surface area contributed by atoms with Gasteiger partial charge in [-0.2, -0.15) is 0 Å². The molecule has 0 radical (unpaired) electrons. The number of carbonyl (C=O) groups excluding carboxylic acids is 3. The predicted molar refractivity (Wildman–Crippen MR) is 339 cm³/mol. The van der Waals surface area contributed by atoms with Gasteiger partial charge in [-0.05, 0) is 109 Å². The molecule has 0 bridgehead atoms. The van der Waals surface area contributed by atoms with E-state index in [1.54, 1.807) is 6.08 Å². The normalized spacial score (nSPS) is 18.6. The molecule has 0 aromatic rings. The van der Waals surface area contributed by atoms with Crippen LogP contribution in [0.2, 0.25) is 0 Å². The molecular formula is C71H110O12. The maximum atomic E-state index is 13.1. The van der Waals surface area contributed by atoms with Crippen LogP contribution in [-0.4, -0.2) is 89.2 Å². The molecule has 0 aromatic carbocycles. The predicted octanol–water partition coefficient (Wildman–Crippen LogP) is 17.1. The van der Waals surface area contributed by atoms with Crippen molar-refractivity contribution in [3.63, 3.8) is 0 Å². The molecule has 1 fully saturated rings. The van der Waals surface area contributed by atoms with Crippen LogP contribution in [0.15, 0.2) is 146 Å². The van der Waals surface area contributed by atoms with Crippen LogP contribution in [0.5, 0.6) is 0 Å². The van der Waals surface area contributed by atoms with E-state index in [4.69, 9.17) is 23.7 Å². The molecule has 1 aliphatic rings. The van der Waals surface area contributed by atoms with Crippen molar-refractivity contribution in [1.82, 2.24) is 0 Å². The average molecular weight is 1160 g/mol. The number of aliphatic hydroxyl groups excluding tert-OH is 2. The minimum absolute atomic E-state index is 0.0331. The molecule has 0 aromatic heterocycles. The first-order chi connectivity index (χ1) is 40.6. The Labute approximate surface area is 502 Å². The second kappa shape index (κ2) is 57.1. The third-order valence-corrected chi connectivity index (χ3v) is 13.4. The van der Waals surface area contributed by atoms with E-state index in [1.807, 2.05) is 30.4 Å². The summed E-state index contributed by atoms with van der Waals surface area (Å²) in [7, 11) is 0. The summed E-state index contributed by atoms with van der Waals surface area (Å²) in [5, 5.41) is 31.6. The Morgan fingerprint density at radius 2 is 0.819 bits per heavy atom. The largest absolute Gasteiger partial charge is 0.479 e. The van der Waals surface area contributed by atoms with E-state index < -0.39 is 73.9 Å². The summed E-state index contributed by atoms with van der Waals surface area (Å²) in [6, 6.07) is 0. The fraction of sp³-hybridized carbons (Fsp3) is 0.606. The van der Waals surface area contributed by atoms with Crippen LogP contribution >= 0.6 is 0 Å². The van der Waals surface area contributed by atoms with Crippen LogP contribution in [-0.2, 0) is 42.9 Å². The van der Waals surface area contributed by atoms with E-state index >= 15 is 0 Å². The minimum Gasteiger partial charge on any atom is -0.479 e. The lowest BCUT2D eigenvalue weighted by Crippen LogP contribution is -2.61.